The van der Waals surface area contributed by atoms with Crippen LogP contribution in [0.4, 0.5) is 0 Å². The fraction of sp³-hybridized carbons (Fsp3) is 0.857. The summed E-state index contributed by atoms with van der Waals surface area (Å²) in [6.07, 6.45) is 2.07. The van der Waals surface area contributed by atoms with Crippen molar-refractivity contribution in [2.24, 2.45) is 5.92 Å². The predicted octanol–water partition coefficient (Wildman–Crippen LogP) is 0.165. The van der Waals surface area contributed by atoms with Gasteiger partial charge in [0.05, 0.1) is 12.5 Å². The van der Waals surface area contributed by atoms with Crippen molar-refractivity contribution < 1.29 is 19.1 Å². The van der Waals surface area contributed by atoms with Crippen LogP contribution in [0.2, 0.25) is 0 Å². The first-order valence-corrected chi connectivity index (χ1v) is 7.28. The Labute approximate surface area is 119 Å². The molecule has 0 aromatic carbocycles. The fourth-order valence-electron chi connectivity index (χ4n) is 2.91. The molecule has 2 aliphatic rings. The summed E-state index contributed by atoms with van der Waals surface area (Å²) in [7, 11) is 1.61. The van der Waals surface area contributed by atoms with Crippen LogP contribution in [0.1, 0.15) is 26.2 Å². The number of carbonyl (C=O) groups excluding carboxylic acids is 2. The Balaban J connectivity index is 1.86. The maximum Gasteiger partial charge on any atom is 0.225 e. The van der Waals surface area contributed by atoms with Gasteiger partial charge in [-0.05, 0) is 19.8 Å². The van der Waals surface area contributed by atoms with Gasteiger partial charge in [-0.25, -0.2) is 0 Å². The Bertz CT molecular complexity index is 355. The first-order chi connectivity index (χ1) is 9.61. The molecular weight excluding hydrogens is 260 g/mol. The summed E-state index contributed by atoms with van der Waals surface area (Å²) in [4.78, 5) is 26.1. The van der Waals surface area contributed by atoms with E-state index in [1.807, 2.05) is 11.8 Å². The highest BCUT2D eigenvalue weighted by Crippen LogP contribution is 2.25. The molecular formula is C14H24N2O4. The highest BCUT2D eigenvalue weighted by molar-refractivity contribution is 5.89. The van der Waals surface area contributed by atoms with Gasteiger partial charge in [0.25, 0.3) is 0 Å². The van der Waals surface area contributed by atoms with Crippen LogP contribution in [0.15, 0.2) is 0 Å². The molecule has 2 aliphatic heterocycles. The van der Waals surface area contributed by atoms with E-state index in [4.69, 9.17) is 9.47 Å². The largest absolute Gasteiger partial charge is 0.383 e. The highest BCUT2D eigenvalue weighted by Gasteiger charge is 2.38. The molecule has 2 amide bonds. The van der Waals surface area contributed by atoms with Gasteiger partial charge in [0.2, 0.25) is 11.8 Å². The third-order valence-corrected chi connectivity index (χ3v) is 3.97. The first kappa shape index (κ1) is 15.3. The monoisotopic (exact) mass is 284 g/mol. The van der Waals surface area contributed by atoms with Gasteiger partial charge in [-0.1, -0.05) is 0 Å². The van der Waals surface area contributed by atoms with Crippen LogP contribution in [0.25, 0.3) is 0 Å². The topological polar surface area (TPSA) is 67.9 Å². The van der Waals surface area contributed by atoms with Crippen LogP contribution >= 0.6 is 0 Å². The van der Waals surface area contributed by atoms with E-state index in [1.54, 1.807) is 7.11 Å². The number of nitrogens with one attached hydrogen (secondary N) is 1. The molecule has 2 heterocycles. The average molecular weight is 284 g/mol. The summed E-state index contributed by atoms with van der Waals surface area (Å²) < 4.78 is 10.3. The van der Waals surface area contributed by atoms with Crippen LogP contribution in [0, 0.1) is 5.92 Å². The number of hydrogen-bond acceptors (Lipinski definition) is 4. The third-order valence-electron chi connectivity index (χ3n) is 3.97. The second-order valence-corrected chi connectivity index (χ2v) is 5.66. The van der Waals surface area contributed by atoms with E-state index in [0.29, 0.717) is 32.8 Å². The molecule has 0 aromatic heterocycles. The molecule has 2 atom stereocenters. The van der Waals surface area contributed by atoms with Gasteiger partial charge in [-0.15, -0.1) is 0 Å². The van der Waals surface area contributed by atoms with Crippen LogP contribution < -0.4 is 5.32 Å². The molecule has 0 bridgehead atoms. The summed E-state index contributed by atoms with van der Waals surface area (Å²) in [6.45, 7) is 4.33. The lowest BCUT2D eigenvalue weighted by molar-refractivity contribution is -0.131. The van der Waals surface area contributed by atoms with Crippen LogP contribution in [-0.4, -0.2) is 62.3 Å². The normalized spacial score (nSPS) is 25.8. The number of methoxy groups -OCH3 is 1. The van der Waals surface area contributed by atoms with Gasteiger partial charge in [-0.2, -0.15) is 0 Å². The molecule has 0 saturated carbocycles. The number of likely N-dealkylation sites (tertiary alicyclic amines) is 1. The molecule has 0 radical (unpaired) electrons. The molecule has 2 fully saturated rings. The minimum Gasteiger partial charge on any atom is -0.383 e. The van der Waals surface area contributed by atoms with E-state index in [-0.39, 0.29) is 29.8 Å². The number of ether oxygens (including phenoxy) is 2. The van der Waals surface area contributed by atoms with Crippen molar-refractivity contribution >= 4 is 11.8 Å². The molecule has 20 heavy (non-hydrogen) atoms. The lowest BCUT2D eigenvalue weighted by Crippen LogP contribution is -2.43. The molecule has 0 spiro atoms. The summed E-state index contributed by atoms with van der Waals surface area (Å²) in [5.74, 6) is -0.182. The molecule has 1 N–H and O–H groups in total. The molecule has 114 valence electrons. The summed E-state index contributed by atoms with van der Waals surface area (Å²) in [6, 6.07) is 0.213. The Morgan fingerprint density at radius 1 is 1.50 bits per heavy atom. The molecule has 0 aliphatic carbocycles. The van der Waals surface area contributed by atoms with Gasteiger partial charge in [0, 0.05) is 45.4 Å². The van der Waals surface area contributed by atoms with Crippen LogP contribution in [0.3, 0.4) is 0 Å². The zero-order valence-corrected chi connectivity index (χ0v) is 12.3. The highest BCUT2D eigenvalue weighted by atomic mass is 16.5. The smallest absolute Gasteiger partial charge is 0.225 e. The standard InChI is InChI=1S/C14H24N2O4/c1-10(9-19-2)15-14(18)11-7-13(17)16(8-11)12-3-5-20-6-4-12/h10-12H,3-9H2,1-2H3,(H,15,18). The lowest BCUT2D eigenvalue weighted by Gasteiger charge is -2.31. The van der Waals surface area contributed by atoms with E-state index in [1.165, 1.54) is 0 Å². The molecule has 0 aromatic rings. The van der Waals surface area contributed by atoms with Gasteiger partial charge < -0.3 is 19.7 Å². The molecule has 6 nitrogen and oxygen atoms in total. The zero-order chi connectivity index (χ0) is 14.5. The van der Waals surface area contributed by atoms with Crippen molar-refractivity contribution in [2.45, 2.75) is 38.3 Å². The van der Waals surface area contributed by atoms with Crippen LogP contribution in [0.5, 0.6) is 0 Å². The molecule has 2 saturated heterocycles. The maximum atomic E-state index is 12.1. The van der Waals surface area contributed by atoms with Gasteiger partial charge >= 0.3 is 0 Å². The number of nitrogens with zero attached hydrogens (tertiary/aromatic N) is 1. The Kier molecular flexibility index (Phi) is 5.37. The lowest BCUT2D eigenvalue weighted by atomic mass is 10.1. The quantitative estimate of drug-likeness (QED) is 0.781. The van der Waals surface area contributed by atoms with Crippen LogP contribution in [-0.2, 0) is 19.1 Å². The zero-order valence-electron chi connectivity index (χ0n) is 12.3. The maximum absolute atomic E-state index is 12.1. The fourth-order valence-corrected chi connectivity index (χ4v) is 2.91. The second-order valence-electron chi connectivity index (χ2n) is 5.66. The van der Waals surface area contributed by atoms with Crippen molar-refractivity contribution in [3.05, 3.63) is 0 Å². The van der Waals surface area contributed by atoms with Gasteiger partial charge in [-0.3, -0.25) is 9.59 Å². The van der Waals surface area contributed by atoms with E-state index >= 15 is 0 Å². The van der Waals surface area contributed by atoms with E-state index < -0.39 is 0 Å². The van der Waals surface area contributed by atoms with Crippen molar-refractivity contribution in [3.8, 4) is 0 Å². The number of carbonyl (C=O) groups is 2. The van der Waals surface area contributed by atoms with E-state index in [0.717, 1.165) is 12.8 Å². The van der Waals surface area contributed by atoms with Crippen molar-refractivity contribution in [1.29, 1.82) is 0 Å². The minimum atomic E-state index is -0.232. The Morgan fingerprint density at radius 2 is 2.20 bits per heavy atom. The summed E-state index contributed by atoms with van der Waals surface area (Å²) >= 11 is 0. The van der Waals surface area contributed by atoms with E-state index in [2.05, 4.69) is 5.32 Å². The Morgan fingerprint density at radius 3 is 2.85 bits per heavy atom. The molecule has 2 rings (SSSR count). The van der Waals surface area contributed by atoms with Crippen molar-refractivity contribution in [3.63, 3.8) is 0 Å². The summed E-state index contributed by atoms with van der Waals surface area (Å²) in [5, 5.41) is 2.90. The number of rotatable bonds is 5. The minimum absolute atomic E-state index is 0.0280. The first-order valence-electron chi connectivity index (χ1n) is 7.28. The molecule has 6 heteroatoms. The van der Waals surface area contributed by atoms with Crippen molar-refractivity contribution in [1.82, 2.24) is 10.2 Å². The van der Waals surface area contributed by atoms with E-state index in [9.17, 15) is 9.59 Å². The third kappa shape index (κ3) is 3.70. The molecule has 2 unspecified atom stereocenters. The predicted molar refractivity (Wildman–Crippen MR) is 73.1 cm³/mol. The number of hydrogen-bond donors (Lipinski definition) is 1. The van der Waals surface area contributed by atoms with Gasteiger partial charge in [0.15, 0.2) is 0 Å². The average Bonchev–Trinajstić information content (AvgIpc) is 2.82. The second kappa shape index (κ2) is 7.04. The Hall–Kier alpha value is -1.14. The van der Waals surface area contributed by atoms with Gasteiger partial charge in [0.1, 0.15) is 0 Å². The summed E-state index contributed by atoms with van der Waals surface area (Å²) in [5.41, 5.74) is 0. The number of amides is 2. The SMILES string of the molecule is COCC(C)NC(=O)C1CC(=O)N(C2CCOCC2)C1. The van der Waals surface area contributed by atoms with Crippen molar-refractivity contribution in [2.75, 3.05) is 33.5 Å².